The number of hydrogen-bond acceptors (Lipinski definition) is 12. The van der Waals surface area contributed by atoms with E-state index < -0.39 is 0 Å². The van der Waals surface area contributed by atoms with Gasteiger partial charge in [0, 0.05) is 103 Å². The van der Waals surface area contributed by atoms with E-state index in [0.717, 1.165) is 149 Å². The van der Waals surface area contributed by atoms with Crippen molar-refractivity contribution in [2.75, 3.05) is 59.1 Å². The van der Waals surface area contributed by atoms with Gasteiger partial charge in [0.05, 0.1) is 0 Å². The Morgan fingerprint density at radius 3 is 0.750 bits per heavy atom. The van der Waals surface area contributed by atoms with Crippen molar-refractivity contribution in [1.29, 1.82) is 0 Å². The number of carbonyl (C=O) groups excluding carboxylic acids is 3. The summed E-state index contributed by atoms with van der Waals surface area (Å²) in [4.78, 5) is 44.6. The van der Waals surface area contributed by atoms with Gasteiger partial charge in [0.2, 0.25) is 0 Å². The number of amides is 3. The smallest absolute Gasteiger partial charge is 0.258 e. The second-order valence-corrected chi connectivity index (χ2v) is 28.9. The maximum atomic E-state index is 12.3. The number of likely N-dealkylation sites (tertiary alicyclic amines) is 3. The van der Waals surface area contributed by atoms with E-state index in [1.165, 1.54) is 0 Å². The number of ether oxygens (including phenoxy) is 6. The van der Waals surface area contributed by atoms with Crippen LogP contribution in [0.3, 0.4) is 0 Å². The zero-order chi connectivity index (χ0) is 64.3. The summed E-state index contributed by atoms with van der Waals surface area (Å²) in [6.07, 6.45) is 12.8. The molecule has 3 heterocycles. The lowest BCUT2D eigenvalue weighted by Crippen LogP contribution is -2.83. The predicted octanol–water partition coefficient (Wildman–Crippen LogP) is 14.0. The van der Waals surface area contributed by atoms with E-state index in [4.69, 9.17) is 98.0 Å². The molecule has 3 atom stereocenters. The standard InChI is InChI=1S/3C23H24Cl2N2O3.C2H6/c3*24-16-1-5-18(6-2-16)29-12-21(28)26-22-13-23(14-22,15-22)27-10-9-20(11-27)30-19-7-3-17(25)4-8-19;1-2/h3*1-8,20H,9-15H2,(H,26,28);1-2H3/t2*20-,22?,23?;;/m10../s1. The van der Waals surface area contributed by atoms with Gasteiger partial charge in [-0.25, -0.2) is 0 Å². The minimum absolute atomic E-state index is 0.0249. The summed E-state index contributed by atoms with van der Waals surface area (Å²) in [5.74, 6) is 4.35. The number of hydrogen-bond donors (Lipinski definition) is 3. The first-order valence-corrected chi connectivity index (χ1v) is 34.2. The number of halogens is 6. The van der Waals surface area contributed by atoms with E-state index in [0.29, 0.717) is 32.3 Å². The third-order valence-electron chi connectivity index (χ3n) is 19.6. The Bertz CT molecular complexity index is 3110. The monoisotopic (exact) mass is 1370 g/mol. The van der Waals surface area contributed by atoms with Crippen molar-refractivity contribution >= 4 is 87.3 Å². The molecule has 3 amide bonds. The molecule has 1 unspecified atom stereocenters. The van der Waals surface area contributed by atoms with Crippen molar-refractivity contribution in [1.82, 2.24) is 30.7 Å². The van der Waals surface area contributed by atoms with Crippen LogP contribution >= 0.6 is 69.6 Å². The van der Waals surface area contributed by atoms with E-state index in [1.54, 1.807) is 72.8 Å². The van der Waals surface area contributed by atoms with Gasteiger partial charge in [-0.2, -0.15) is 0 Å². The number of rotatable bonds is 21. The zero-order valence-electron chi connectivity index (χ0n) is 51.7. The lowest BCUT2D eigenvalue weighted by atomic mass is 9.43. The molecule has 3 N–H and O–H groups in total. The van der Waals surface area contributed by atoms with Crippen LogP contribution in [0.4, 0.5) is 0 Å². The Morgan fingerprint density at radius 1 is 0.348 bits per heavy atom. The summed E-state index contributed by atoms with van der Waals surface area (Å²) in [6.45, 7) is 10.0. The first kappa shape index (κ1) is 66.2. The fourth-order valence-electron chi connectivity index (χ4n) is 15.5. The fourth-order valence-corrected chi connectivity index (χ4v) is 16.3. The highest BCUT2D eigenvalue weighted by atomic mass is 35.5. The van der Waals surface area contributed by atoms with Crippen molar-refractivity contribution < 1.29 is 42.8 Å². The number of nitrogens with zero attached hydrogens (tertiary/aromatic N) is 3. The summed E-state index contributed by atoms with van der Waals surface area (Å²) in [5.41, 5.74) is 0.577. The average molecular weight is 1370 g/mol. The van der Waals surface area contributed by atoms with Gasteiger partial charge in [0.25, 0.3) is 17.7 Å². The molecule has 9 aliphatic carbocycles. The second kappa shape index (κ2) is 27.8. The maximum absolute atomic E-state index is 12.3. The van der Waals surface area contributed by atoms with Gasteiger partial charge in [0.15, 0.2) is 19.8 Å². The molecular formula is C71H78Cl6N6O9. The Balaban J connectivity index is 0.000000131. The molecule has 18 rings (SSSR count). The van der Waals surface area contributed by atoms with Crippen molar-refractivity contribution in [2.24, 2.45) is 0 Å². The highest BCUT2D eigenvalue weighted by Gasteiger charge is 2.73. The molecule has 0 aromatic heterocycles. The third kappa shape index (κ3) is 15.3. The lowest BCUT2D eigenvalue weighted by Gasteiger charge is -2.73. The van der Waals surface area contributed by atoms with Gasteiger partial charge in [-0.1, -0.05) is 83.5 Å². The molecule has 21 heteroatoms. The normalized spacial score (nSPS) is 29.0. The van der Waals surface area contributed by atoms with Gasteiger partial charge < -0.3 is 44.4 Å². The molecule has 9 saturated carbocycles. The van der Waals surface area contributed by atoms with Crippen molar-refractivity contribution in [3.8, 4) is 34.5 Å². The van der Waals surface area contributed by atoms with Crippen LogP contribution in [0.15, 0.2) is 146 Å². The van der Waals surface area contributed by atoms with Crippen LogP contribution in [0.2, 0.25) is 30.1 Å². The van der Waals surface area contributed by atoms with Crippen LogP contribution in [0.1, 0.15) is 90.9 Å². The third-order valence-corrected chi connectivity index (χ3v) is 21.1. The topological polar surface area (TPSA) is 152 Å². The van der Waals surface area contributed by atoms with E-state index in [-0.39, 0.29) is 89.1 Å². The SMILES string of the molecule is CC.O=C(COc1ccc(Cl)cc1)NC12CC(N3CCC(Oc4ccc(Cl)cc4)C3)(C1)C2.O=C(COc1ccc(Cl)cc1)NC12CC(N3CC[C@@H](Oc4ccc(Cl)cc4)C3)(C1)C2.O=C(COc1ccc(Cl)cc1)NC12CC(N3CC[C@H](Oc4ccc(Cl)cc4)C3)(C1)C2. The Kier molecular flexibility index (Phi) is 20.0. The number of benzene rings is 6. The first-order valence-electron chi connectivity index (χ1n) is 31.9. The maximum Gasteiger partial charge on any atom is 0.258 e. The Hall–Kier alpha value is -5.85. The quantitative estimate of drug-likeness (QED) is 0.0629. The molecule has 6 bridgehead atoms. The molecule has 6 aromatic carbocycles. The van der Waals surface area contributed by atoms with Crippen molar-refractivity contribution in [3.05, 3.63) is 176 Å². The number of nitrogens with one attached hydrogen (secondary N) is 3. The van der Waals surface area contributed by atoms with Crippen LogP contribution in [-0.4, -0.2) is 143 Å². The van der Waals surface area contributed by atoms with Crippen LogP contribution in [-0.2, 0) is 14.4 Å². The molecule has 3 saturated heterocycles. The van der Waals surface area contributed by atoms with E-state index >= 15 is 0 Å². The van der Waals surface area contributed by atoms with Gasteiger partial charge in [-0.3, -0.25) is 29.1 Å². The summed E-state index contributed by atoms with van der Waals surface area (Å²) in [7, 11) is 0. The zero-order valence-corrected chi connectivity index (χ0v) is 56.3. The lowest BCUT2D eigenvalue weighted by molar-refractivity contribution is -0.180. The Labute approximate surface area is 568 Å². The van der Waals surface area contributed by atoms with Crippen LogP contribution < -0.4 is 44.4 Å². The largest absolute Gasteiger partial charge is 0.489 e. The summed E-state index contributed by atoms with van der Waals surface area (Å²) in [6, 6.07) is 43.7. The summed E-state index contributed by atoms with van der Waals surface area (Å²) >= 11 is 35.4. The molecule has 12 fully saturated rings. The molecular weight excluding hydrogens is 1290 g/mol. The average Bonchev–Trinajstić information content (AvgIpc) is 0.966. The molecule has 12 aliphatic rings. The van der Waals surface area contributed by atoms with Crippen LogP contribution in [0.5, 0.6) is 34.5 Å². The van der Waals surface area contributed by atoms with Crippen LogP contribution in [0.25, 0.3) is 0 Å². The minimum atomic E-state index is -0.0661. The Morgan fingerprint density at radius 2 is 0.543 bits per heavy atom. The van der Waals surface area contributed by atoms with Gasteiger partial charge in [-0.15, -0.1) is 0 Å². The minimum Gasteiger partial charge on any atom is -0.489 e. The first-order chi connectivity index (χ1) is 44.3. The second-order valence-electron chi connectivity index (χ2n) is 26.3. The van der Waals surface area contributed by atoms with E-state index in [2.05, 4.69) is 30.7 Å². The predicted molar refractivity (Wildman–Crippen MR) is 361 cm³/mol. The fraction of sp³-hybridized carbons (Fsp3) is 0.451. The van der Waals surface area contributed by atoms with Gasteiger partial charge >= 0.3 is 0 Å². The van der Waals surface area contributed by atoms with Gasteiger partial charge in [0.1, 0.15) is 52.8 Å². The van der Waals surface area contributed by atoms with E-state index in [1.807, 2.05) is 86.6 Å². The highest BCUT2D eigenvalue weighted by Crippen LogP contribution is 2.66. The molecule has 92 heavy (non-hydrogen) atoms. The summed E-state index contributed by atoms with van der Waals surface area (Å²) < 4.78 is 35.0. The van der Waals surface area contributed by atoms with E-state index in [9.17, 15) is 14.4 Å². The van der Waals surface area contributed by atoms with Gasteiger partial charge in [-0.05, 0) is 223 Å². The molecule has 3 aliphatic heterocycles. The molecule has 0 radical (unpaired) electrons. The molecule has 6 aromatic rings. The van der Waals surface area contributed by atoms with Crippen LogP contribution in [0, 0.1) is 0 Å². The highest BCUT2D eigenvalue weighted by molar-refractivity contribution is 6.32. The molecule has 0 spiro atoms. The van der Waals surface area contributed by atoms with Crippen molar-refractivity contribution in [3.63, 3.8) is 0 Å². The molecule has 15 nitrogen and oxygen atoms in total. The van der Waals surface area contributed by atoms with Crippen molar-refractivity contribution in [2.45, 2.75) is 142 Å². The number of carbonyl (C=O) groups is 3. The summed E-state index contributed by atoms with van der Waals surface area (Å²) in [5, 5.41) is 13.6. The molecule has 488 valence electrons.